The highest BCUT2D eigenvalue weighted by atomic mass is 32.2. The molecule has 0 saturated carbocycles. The minimum absolute atomic E-state index is 0.0241. The Balaban J connectivity index is 1.84. The first-order valence-electron chi connectivity index (χ1n) is 8.22. The van der Waals surface area contributed by atoms with Crippen LogP contribution < -0.4 is 10.5 Å². The standard InChI is InChI=1S/C18H22N4O3S/c1-17(2)10-18(3,22-15(19)26-17)12-5-11(7-20-8-12)6-14(23)13-9-25-16(21-13)24-4/h5,7-9H,6,10H2,1-4H3,(H2,19,22)/t18-/m0/s1. The molecule has 0 aliphatic carbocycles. The van der Waals surface area contributed by atoms with Gasteiger partial charge in [0.2, 0.25) is 0 Å². The topological polar surface area (TPSA) is 104 Å². The first-order valence-corrected chi connectivity index (χ1v) is 9.04. The number of methoxy groups -OCH3 is 1. The van der Waals surface area contributed by atoms with Gasteiger partial charge in [0.05, 0.1) is 12.6 Å². The molecule has 1 aliphatic heterocycles. The van der Waals surface area contributed by atoms with Crippen LogP contribution in [0.2, 0.25) is 0 Å². The van der Waals surface area contributed by atoms with Crippen molar-refractivity contribution in [2.45, 2.75) is 43.9 Å². The zero-order valence-corrected chi connectivity index (χ0v) is 16.1. The predicted octanol–water partition coefficient (Wildman–Crippen LogP) is 2.95. The summed E-state index contributed by atoms with van der Waals surface area (Å²) in [6, 6.07) is 1.96. The van der Waals surface area contributed by atoms with Crippen LogP contribution in [0.4, 0.5) is 0 Å². The van der Waals surface area contributed by atoms with Crippen molar-refractivity contribution >= 4 is 22.7 Å². The Hall–Kier alpha value is -2.35. The number of ether oxygens (including phenoxy) is 1. The SMILES string of the molecule is COc1nc(C(=O)Cc2cncc([C@]3(C)CC(C)(C)SC(N)=N3)c2)co1. The second-order valence-corrected chi connectivity index (χ2v) is 8.87. The third kappa shape index (κ3) is 3.90. The molecule has 0 fully saturated rings. The van der Waals surface area contributed by atoms with Gasteiger partial charge < -0.3 is 14.9 Å². The number of nitrogens with two attached hydrogens (primary N) is 1. The van der Waals surface area contributed by atoms with Gasteiger partial charge in [0.1, 0.15) is 12.0 Å². The summed E-state index contributed by atoms with van der Waals surface area (Å²) in [5.41, 5.74) is 7.54. The molecule has 0 amide bonds. The number of hydrogen-bond acceptors (Lipinski definition) is 8. The first-order chi connectivity index (χ1) is 12.2. The van der Waals surface area contributed by atoms with Crippen LogP contribution in [0.3, 0.4) is 0 Å². The molecule has 7 nitrogen and oxygen atoms in total. The van der Waals surface area contributed by atoms with Gasteiger partial charge >= 0.3 is 6.08 Å². The van der Waals surface area contributed by atoms with Crippen LogP contribution >= 0.6 is 11.8 Å². The lowest BCUT2D eigenvalue weighted by molar-refractivity contribution is 0.0988. The van der Waals surface area contributed by atoms with Crippen molar-refractivity contribution in [2.24, 2.45) is 10.7 Å². The van der Waals surface area contributed by atoms with E-state index < -0.39 is 5.54 Å². The molecular weight excluding hydrogens is 352 g/mol. The van der Waals surface area contributed by atoms with Crippen LogP contribution in [0, 0.1) is 0 Å². The number of amidine groups is 1. The molecule has 2 aromatic heterocycles. The summed E-state index contributed by atoms with van der Waals surface area (Å²) in [5, 5.41) is 0.569. The molecule has 138 valence electrons. The van der Waals surface area contributed by atoms with Gasteiger partial charge in [-0.2, -0.15) is 4.98 Å². The van der Waals surface area contributed by atoms with Crippen molar-refractivity contribution in [3.8, 4) is 6.08 Å². The van der Waals surface area contributed by atoms with Gasteiger partial charge in [0.15, 0.2) is 11.0 Å². The third-order valence-electron chi connectivity index (χ3n) is 4.23. The number of nitrogens with zero attached hydrogens (tertiary/aromatic N) is 3. The average molecular weight is 374 g/mol. The maximum Gasteiger partial charge on any atom is 0.393 e. The number of pyridine rings is 1. The van der Waals surface area contributed by atoms with Gasteiger partial charge in [-0.25, -0.2) is 0 Å². The summed E-state index contributed by atoms with van der Waals surface area (Å²) in [6.45, 7) is 6.35. The van der Waals surface area contributed by atoms with E-state index in [1.54, 1.807) is 24.2 Å². The number of carbonyl (C=O) groups excluding carboxylic acids is 1. The number of oxazole rings is 1. The summed E-state index contributed by atoms with van der Waals surface area (Å²) in [7, 11) is 1.43. The minimum atomic E-state index is -0.470. The molecule has 0 spiro atoms. The molecule has 3 rings (SSSR count). The van der Waals surface area contributed by atoms with E-state index in [1.165, 1.54) is 13.4 Å². The van der Waals surface area contributed by atoms with E-state index in [1.807, 2.05) is 13.0 Å². The fraction of sp³-hybridized carbons (Fsp3) is 0.444. The number of hydrogen-bond donors (Lipinski definition) is 1. The molecule has 0 aromatic carbocycles. The smallest absolute Gasteiger partial charge is 0.393 e. The molecule has 0 radical (unpaired) electrons. The van der Waals surface area contributed by atoms with Crippen LogP contribution in [0.15, 0.2) is 34.1 Å². The molecule has 0 bridgehead atoms. The quantitative estimate of drug-likeness (QED) is 0.802. The summed E-state index contributed by atoms with van der Waals surface area (Å²) < 4.78 is 9.88. The molecule has 0 saturated heterocycles. The molecule has 3 heterocycles. The lowest BCUT2D eigenvalue weighted by Gasteiger charge is -2.39. The van der Waals surface area contributed by atoms with Crippen LogP contribution in [-0.4, -0.2) is 32.8 Å². The summed E-state index contributed by atoms with van der Waals surface area (Å²) >= 11 is 1.58. The number of thioether (sulfide) groups is 1. The summed E-state index contributed by atoms with van der Waals surface area (Å²) in [5.74, 6) is -0.163. The average Bonchev–Trinajstić information content (AvgIpc) is 3.02. The van der Waals surface area contributed by atoms with Crippen molar-refractivity contribution in [3.63, 3.8) is 0 Å². The number of aromatic nitrogens is 2. The zero-order chi connectivity index (χ0) is 18.9. The molecular formula is C18H22N4O3S. The van der Waals surface area contributed by atoms with Crippen molar-refractivity contribution in [1.82, 2.24) is 9.97 Å². The maximum absolute atomic E-state index is 12.4. The van der Waals surface area contributed by atoms with Crippen LogP contribution in [0.5, 0.6) is 6.08 Å². The number of rotatable bonds is 5. The van der Waals surface area contributed by atoms with Crippen molar-refractivity contribution in [2.75, 3.05) is 7.11 Å². The highest BCUT2D eigenvalue weighted by Gasteiger charge is 2.39. The lowest BCUT2D eigenvalue weighted by Crippen LogP contribution is -2.38. The monoisotopic (exact) mass is 374 g/mol. The van der Waals surface area contributed by atoms with Gasteiger partial charge in [-0.1, -0.05) is 25.6 Å². The van der Waals surface area contributed by atoms with Crippen LogP contribution in [-0.2, 0) is 12.0 Å². The van der Waals surface area contributed by atoms with Crippen molar-refractivity contribution in [3.05, 3.63) is 41.5 Å². The van der Waals surface area contributed by atoms with Gasteiger partial charge in [-0.15, -0.1) is 0 Å². The fourth-order valence-corrected chi connectivity index (χ4v) is 4.42. The molecule has 1 aliphatic rings. The Morgan fingerprint density at radius 1 is 1.38 bits per heavy atom. The Kier molecular flexibility index (Phi) is 4.79. The number of aliphatic imine (C=N–C) groups is 1. The van der Waals surface area contributed by atoms with Gasteiger partial charge in [0, 0.05) is 23.6 Å². The molecule has 2 N–H and O–H groups in total. The van der Waals surface area contributed by atoms with E-state index >= 15 is 0 Å². The second kappa shape index (κ2) is 6.75. The normalized spacial score (nSPS) is 21.9. The van der Waals surface area contributed by atoms with E-state index in [4.69, 9.17) is 14.9 Å². The zero-order valence-electron chi connectivity index (χ0n) is 15.3. The molecule has 1 atom stereocenters. The largest absolute Gasteiger partial charge is 0.454 e. The number of carbonyl (C=O) groups is 1. The van der Waals surface area contributed by atoms with E-state index in [2.05, 4.69) is 28.8 Å². The Morgan fingerprint density at radius 3 is 2.81 bits per heavy atom. The third-order valence-corrected chi connectivity index (χ3v) is 5.23. The van der Waals surface area contributed by atoms with E-state index in [9.17, 15) is 4.79 Å². The maximum atomic E-state index is 12.4. The van der Waals surface area contributed by atoms with Gasteiger partial charge in [0.25, 0.3) is 0 Å². The summed E-state index contributed by atoms with van der Waals surface area (Å²) in [4.78, 5) is 25.4. The van der Waals surface area contributed by atoms with Crippen molar-refractivity contribution in [1.29, 1.82) is 0 Å². The van der Waals surface area contributed by atoms with Crippen LogP contribution in [0.25, 0.3) is 0 Å². The first kappa shape index (κ1) is 18.4. The molecule has 26 heavy (non-hydrogen) atoms. The van der Waals surface area contributed by atoms with Gasteiger partial charge in [-0.3, -0.25) is 14.8 Å². The predicted molar refractivity (Wildman–Crippen MR) is 101 cm³/mol. The van der Waals surface area contributed by atoms with E-state index in [0.29, 0.717) is 5.17 Å². The lowest BCUT2D eigenvalue weighted by atomic mass is 9.84. The molecule has 0 unspecified atom stereocenters. The fourth-order valence-electron chi connectivity index (χ4n) is 3.25. The number of Topliss-reactive ketones (excluding diaryl/α,β-unsaturated/α-hetero) is 1. The Morgan fingerprint density at radius 2 is 2.15 bits per heavy atom. The van der Waals surface area contributed by atoms with Gasteiger partial charge in [-0.05, 0) is 30.5 Å². The summed E-state index contributed by atoms with van der Waals surface area (Å²) in [6.07, 6.45) is 5.83. The minimum Gasteiger partial charge on any atom is -0.454 e. The highest BCUT2D eigenvalue weighted by Crippen LogP contribution is 2.44. The second-order valence-electron chi connectivity index (χ2n) is 7.15. The Labute approximate surface area is 156 Å². The Bertz CT molecular complexity index is 862. The molecule has 2 aromatic rings. The van der Waals surface area contributed by atoms with Crippen LogP contribution in [0.1, 0.15) is 48.8 Å². The van der Waals surface area contributed by atoms with Crippen molar-refractivity contribution < 1.29 is 13.9 Å². The van der Waals surface area contributed by atoms with E-state index in [-0.39, 0.29) is 28.7 Å². The number of ketones is 1. The highest BCUT2D eigenvalue weighted by molar-refractivity contribution is 8.15. The van der Waals surface area contributed by atoms with E-state index in [0.717, 1.165) is 17.5 Å². The molecule has 8 heteroatoms.